The van der Waals surface area contributed by atoms with Gasteiger partial charge < -0.3 is 14.7 Å². The molecule has 0 saturated carbocycles. The van der Waals surface area contributed by atoms with Crippen LogP contribution in [-0.2, 0) is 0 Å². The quantitative estimate of drug-likeness (QED) is 0.876. The smallest absolute Gasteiger partial charge is 0.267 e. The zero-order chi connectivity index (χ0) is 13.0. The maximum absolute atomic E-state index is 12.1. The molecule has 5 heteroatoms. The molecule has 1 rings (SSSR count). The summed E-state index contributed by atoms with van der Waals surface area (Å²) < 4.78 is 5.18. The van der Waals surface area contributed by atoms with Crippen molar-refractivity contribution in [2.24, 2.45) is 0 Å². The fraction of sp³-hybridized carbons (Fsp3) is 0.583. The van der Waals surface area contributed by atoms with E-state index >= 15 is 0 Å². The van der Waals surface area contributed by atoms with E-state index < -0.39 is 6.10 Å². The summed E-state index contributed by atoms with van der Waals surface area (Å²) in [4.78, 5) is 15.4. The van der Waals surface area contributed by atoms with Gasteiger partial charge in [-0.25, -0.2) is 0 Å². The molecule has 1 aromatic rings. The lowest BCUT2D eigenvalue weighted by Crippen LogP contribution is -2.29. The molecule has 0 aliphatic heterocycles. The third kappa shape index (κ3) is 3.71. The van der Waals surface area contributed by atoms with Gasteiger partial charge in [0.25, 0.3) is 5.91 Å². The number of carbonyl (C=O) groups is 1. The Kier molecular flexibility index (Phi) is 4.96. The third-order valence-corrected chi connectivity index (χ3v) is 3.48. The van der Waals surface area contributed by atoms with Gasteiger partial charge in [0.05, 0.1) is 13.2 Å². The molecule has 0 bridgehead atoms. The molecule has 0 aromatic carbocycles. The van der Waals surface area contributed by atoms with E-state index in [0.29, 0.717) is 23.6 Å². The molecule has 17 heavy (non-hydrogen) atoms. The van der Waals surface area contributed by atoms with Crippen molar-refractivity contribution in [3.05, 3.63) is 15.8 Å². The zero-order valence-corrected chi connectivity index (χ0v) is 11.5. The fourth-order valence-electron chi connectivity index (χ4n) is 1.45. The van der Waals surface area contributed by atoms with Crippen LogP contribution in [0.5, 0.6) is 5.75 Å². The van der Waals surface area contributed by atoms with Crippen molar-refractivity contribution in [1.82, 2.24) is 4.90 Å². The standard InChI is InChI=1S/C12H19NO3S/c1-8(14)5-6-13(3)12(15)11-10(16-4)7-9(2)17-11/h7-8,14H,5-6H2,1-4H3. The maximum Gasteiger partial charge on any atom is 0.267 e. The number of aliphatic hydroxyl groups is 1. The summed E-state index contributed by atoms with van der Waals surface area (Å²) in [6.07, 6.45) is 0.187. The fourth-order valence-corrected chi connectivity index (χ4v) is 2.42. The third-order valence-electron chi connectivity index (χ3n) is 2.46. The normalized spacial score (nSPS) is 12.3. The van der Waals surface area contributed by atoms with E-state index in [-0.39, 0.29) is 5.91 Å². The molecule has 0 radical (unpaired) electrons. The molecule has 1 unspecified atom stereocenters. The Morgan fingerprint density at radius 3 is 2.82 bits per heavy atom. The van der Waals surface area contributed by atoms with Gasteiger partial charge in [-0.1, -0.05) is 0 Å². The summed E-state index contributed by atoms with van der Waals surface area (Å²) in [7, 11) is 3.30. The van der Waals surface area contributed by atoms with Crippen molar-refractivity contribution < 1.29 is 14.6 Å². The van der Waals surface area contributed by atoms with Crippen LogP contribution >= 0.6 is 11.3 Å². The van der Waals surface area contributed by atoms with Gasteiger partial charge in [-0.3, -0.25) is 4.79 Å². The lowest BCUT2D eigenvalue weighted by molar-refractivity contribution is 0.0771. The highest BCUT2D eigenvalue weighted by Crippen LogP contribution is 2.29. The first-order chi connectivity index (χ1) is 7.95. The second kappa shape index (κ2) is 6.02. The largest absolute Gasteiger partial charge is 0.495 e. The van der Waals surface area contributed by atoms with Crippen molar-refractivity contribution in [2.75, 3.05) is 20.7 Å². The van der Waals surface area contributed by atoms with Gasteiger partial charge in [-0.05, 0) is 26.3 Å². The molecule has 0 spiro atoms. The van der Waals surface area contributed by atoms with E-state index in [2.05, 4.69) is 0 Å². The van der Waals surface area contributed by atoms with E-state index in [0.717, 1.165) is 4.88 Å². The number of carbonyl (C=O) groups excluding carboxylic acids is 1. The van der Waals surface area contributed by atoms with Gasteiger partial charge in [0.15, 0.2) is 0 Å². The van der Waals surface area contributed by atoms with Crippen LogP contribution < -0.4 is 4.74 Å². The molecule has 1 N–H and O–H groups in total. The van der Waals surface area contributed by atoms with E-state index in [9.17, 15) is 9.90 Å². The highest BCUT2D eigenvalue weighted by molar-refractivity contribution is 7.14. The van der Waals surface area contributed by atoms with Crippen LogP contribution in [0, 0.1) is 6.92 Å². The topological polar surface area (TPSA) is 49.8 Å². The van der Waals surface area contributed by atoms with Crippen LogP contribution in [0.4, 0.5) is 0 Å². The number of thiophene rings is 1. The zero-order valence-electron chi connectivity index (χ0n) is 10.7. The molecule has 4 nitrogen and oxygen atoms in total. The van der Waals surface area contributed by atoms with E-state index in [1.54, 1.807) is 26.0 Å². The molecule has 0 fully saturated rings. The van der Waals surface area contributed by atoms with Crippen molar-refractivity contribution in [2.45, 2.75) is 26.4 Å². The number of aliphatic hydroxyl groups excluding tert-OH is 1. The molecule has 1 atom stereocenters. The van der Waals surface area contributed by atoms with Crippen molar-refractivity contribution >= 4 is 17.2 Å². The lowest BCUT2D eigenvalue weighted by Gasteiger charge is -2.17. The first-order valence-corrected chi connectivity index (χ1v) is 6.35. The number of ether oxygens (including phenoxy) is 1. The second-order valence-corrected chi connectivity index (χ2v) is 5.38. The SMILES string of the molecule is COc1cc(C)sc1C(=O)N(C)CCC(C)O. The van der Waals surface area contributed by atoms with Gasteiger partial charge in [0.2, 0.25) is 0 Å². The number of hydrogen-bond acceptors (Lipinski definition) is 4. The molecular weight excluding hydrogens is 238 g/mol. The minimum absolute atomic E-state index is 0.0550. The van der Waals surface area contributed by atoms with Crippen molar-refractivity contribution in [1.29, 1.82) is 0 Å². The summed E-state index contributed by atoms with van der Waals surface area (Å²) in [6, 6.07) is 1.86. The number of aryl methyl sites for hydroxylation is 1. The van der Waals surface area contributed by atoms with Crippen LogP contribution in [0.25, 0.3) is 0 Å². The first-order valence-electron chi connectivity index (χ1n) is 5.53. The van der Waals surface area contributed by atoms with Crippen LogP contribution in [0.1, 0.15) is 27.9 Å². The molecule has 1 heterocycles. The number of nitrogens with zero attached hydrogens (tertiary/aromatic N) is 1. The number of hydrogen-bond donors (Lipinski definition) is 1. The lowest BCUT2D eigenvalue weighted by atomic mass is 10.2. The molecule has 1 amide bonds. The van der Waals surface area contributed by atoms with Gasteiger partial charge in [0.1, 0.15) is 10.6 Å². The van der Waals surface area contributed by atoms with Gasteiger partial charge in [-0.15, -0.1) is 11.3 Å². The number of rotatable bonds is 5. The number of methoxy groups -OCH3 is 1. The van der Waals surface area contributed by atoms with E-state index in [4.69, 9.17) is 4.74 Å². The van der Waals surface area contributed by atoms with Crippen LogP contribution in [-0.4, -0.2) is 42.7 Å². The Hall–Kier alpha value is -1.07. The van der Waals surface area contributed by atoms with E-state index in [1.165, 1.54) is 11.3 Å². The Morgan fingerprint density at radius 2 is 2.29 bits per heavy atom. The minimum atomic E-state index is -0.391. The van der Waals surface area contributed by atoms with Crippen LogP contribution in [0.2, 0.25) is 0 Å². The van der Waals surface area contributed by atoms with Crippen LogP contribution in [0.3, 0.4) is 0 Å². The van der Waals surface area contributed by atoms with Crippen molar-refractivity contribution in [3.63, 3.8) is 0 Å². The maximum atomic E-state index is 12.1. The molecule has 96 valence electrons. The summed E-state index contributed by atoms with van der Waals surface area (Å²) in [5.41, 5.74) is 0. The highest BCUT2D eigenvalue weighted by Gasteiger charge is 2.19. The highest BCUT2D eigenvalue weighted by atomic mass is 32.1. The van der Waals surface area contributed by atoms with Gasteiger partial charge in [-0.2, -0.15) is 0 Å². The molecule has 0 aliphatic rings. The molecular formula is C12H19NO3S. The molecule has 1 aromatic heterocycles. The second-order valence-electron chi connectivity index (χ2n) is 4.12. The number of amides is 1. The van der Waals surface area contributed by atoms with E-state index in [1.807, 2.05) is 13.0 Å². The summed E-state index contributed by atoms with van der Waals surface area (Å²) in [6.45, 7) is 4.20. The molecule has 0 aliphatic carbocycles. The summed E-state index contributed by atoms with van der Waals surface area (Å²) in [5, 5.41) is 9.20. The Morgan fingerprint density at radius 1 is 1.65 bits per heavy atom. The van der Waals surface area contributed by atoms with Crippen molar-refractivity contribution in [3.8, 4) is 5.75 Å². The summed E-state index contributed by atoms with van der Waals surface area (Å²) in [5.74, 6) is 0.571. The minimum Gasteiger partial charge on any atom is -0.495 e. The Bertz CT molecular complexity index is 387. The van der Waals surface area contributed by atoms with Crippen LogP contribution in [0.15, 0.2) is 6.07 Å². The molecule has 0 saturated heterocycles. The predicted octanol–water partition coefficient (Wildman–Crippen LogP) is 1.91. The summed E-state index contributed by atoms with van der Waals surface area (Å²) >= 11 is 1.43. The first kappa shape index (κ1) is 14.0. The average molecular weight is 257 g/mol. The van der Waals surface area contributed by atoms with Gasteiger partial charge in [0, 0.05) is 18.5 Å². The average Bonchev–Trinajstić information content (AvgIpc) is 2.66. The van der Waals surface area contributed by atoms with Gasteiger partial charge >= 0.3 is 0 Å². The monoisotopic (exact) mass is 257 g/mol. The predicted molar refractivity (Wildman–Crippen MR) is 68.9 cm³/mol. The Balaban J connectivity index is 2.74. The Labute approximate surface area is 106 Å².